The molecule has 5 rings (SSSR count). The Morgan fingerprint density at radius 2 is 1.38 bits per heavy atom. The number of hydrogen-bond donors (Lipinski definition) is 1. The molecule has 0 heterocycles. The van der Waals surface area contributed by atoms with Crippen LogP contribution in [0.3, 0.4) is 0 Å². The minimum absolute atomic E-state index is 0.0773. The van der Waals surface area contributed by atoms with Gasteiger partial charge in [0.15, 0.2) is 0 Å². The predicted octanol–water partition coefficient (Wildman–Crippen LogP) is 6.70. The summed E-state index contributed by atoms with van der Waals surface area (Å²) in [7, 11) is 0. The van der Waals surface area contributed by atoms with Gasteiger partial charge in [-0.3, -0.25) is 14.4 Å². The van der Waals surface area contributed by atoms with Crippen molar-refractivity contribution in [2.24, 2.45) is 56.2 Å². The molecular weight excluding hydrogens is 424 g/mol. The van der Waals surface area contributed by atoms with Crippen molar-refractivity contribution in [3.63, 3.8) is 0 Å². The summed E-state index contributed by atoms with van der Waals surface area (Å²) < 4.78 is 0. The lowest BCUT2D eigenvalue weighted by molar-refractivity contribution is -0.254. The minimum atomic E-state index is -1.22. The molecule has 0 saturated heterocycles. The van der Waals surface area contributed by atoms with Gasteiger partial charge in [0.1, 0.15) is 11.6 Å². The van der Waals surface area contributed by atoms with E-state index in [2.05, 4.69) is 41.5 Å². The van der Waals surface area contributed by atoms with Crippen LogP contribution in [0.5, 0.6) is 0 Å². The van der Waals surface area contributed by atoms with Crippen LogP contribution in [0.1, 0.15) is 113 Å². The summed E-state index contributed by atoms with van der Waals surface area (Å²) in [5.41, 5.74) is -0.533. The molecule has 5 aliphatic rings. The van der Waals surface area contributed by atoms with Crippen molar-refractivity contribution in [2.45, 2.75) is 113 Å². The van der Waals surface area contributed by atoms with E-state index in [1.165, 1.54) is 32.1 Å². The maximum absolute atomic E-state index is 13.6. The third-order valence-electron chi connectivity index (χ3n) is 13.4. The maximum Gasteiger partial charge on any atom is 0.311 e. The normalized spacial score (nSPS) is 54.3. The SMILES string of the molecule is CC1C(=O)CC(=O)C2C3(C)CCC4(C)C5CC(C)(C)CCC5(C)CCC4(C)C3CCC12C(=O)O. The summed E-state index contributed by atoms with van der Waals surface area (Å²) in [6.07, 6.45) is 9.47. The first-order valence-electron chi connectivity index (χ1n) is 13.9. The molecule has 5 aliphatic carbocycles. The zero-order chi connectivity index (χ0) is 25.1. The molecule has 34 heavy (non-hydrogen) atoms. The third-order valence-corrected chi connectivity index (χ3v) is 13.4. The lowest BCUT2D eigenvalue weighted by Gasteiger charge is -2.74. The Morgan fingerprint density at radius 1 is 0.794 bits per heavy atom. The molecule has 0 aromatic heterocycles. The molecule has 0 bridgehead atoms. The summed E-state index contributed by atoms with van der Waals surface area (Å²) in [6, 6.07) is 0. The van der Waals surface area contributed by atoms with E-state index in [1.54, 1.807) is 6.92 Å². The van der Waals surface area contributed by atoms with E-state index in [0.717, 1.165) is 19.3 Å². The molecule has 0 aromatic rings. The molecule has 1 N–H and O–H groups in total. The van der Waals surface area contributed by atoms with E-state index in [4.69, 9.17) is 0 Å². The van der Waals surface area contributed by atoms with Crippen LogP contribution in [0.15, 0.2) is 0 Å². The van der Waals surface area contributed by atoms with Gasteiger partial charge >= 0.3 is 5.97 Å². The second kappa shape index (κ2) is 6.97. The highest BCUT2D eigenvalue weighted by Crippen LogP contribution is 2.78. The fraction of sp³-hybridized carbons (Fsp3) is 0.900. The van der Waals surface area contributed by atoms with Gasteiger partial charge in [-0.25, -0.2) is 0 Å². The highest BCUT2D eigenvalue weighted by Gasteiger charge is 2.74. The van der Waals surface area contributed by atoms with E-state index in [0.29, 0.717) is 29.1 Å². The van der Waals surface area contributed by atoms with Crippen molar-refractivity contribution < 1.29 is 19.5 Å². The van der Waals surface area contributed by atoms with E-state index in [1.807, 2.05) is 0 Å². The number of ketones is 2. The van der Waals surface area contributed by atoms with Gasteiger partial charge < -0.3 is 5.11 Å². The molecule has 190 valence electrons. The zero-order valence-electron chi connectivity index (χ0n) is 22.6. The Morgan fingerprint density at radius 3 is 2.03 bits per heavy atom. The van der Waals surface area contributed by atoms with Crippen LogP contribution in [-0.4, -0.2) is 22.6 Å². The molecule has 5 fully saturated rings. The van der Waals surface area contributed by atoms with Gasteiger partial charge in [-0.15, -0.1) is 0 Å². The minimum Gasteiger partial charge on any atom is -0.481 e. The second-order valence-electron chi connectivity index (χ2n) is 15.1. The summed E-state index contributed by atoms with van der Waals surface area (Å²) in [6.45, 7) is 16.5. The number of aliphatic carboxylic acids is 1. The van der Waals surface area contributed by atoms with Crippen molar-refractivity contribution in [3.05, 3.63) is 0 Å². The Hall–Kier alpha value is -1.19. The highest BCUT2D eigenvalue weighted by molar-refractivity contribution is 6.08. The molecule has 0 amide bonds. The number of carbonyl (C=O) groups excluding carboxylic acids is 2. The first-order chi connectivity index (χ1) is 15.6. The molecule has 0 aliphatic heterocycles. The smallest absolute Gasteiger partial charge is 0.311 e. The second-order valence-corrected chi connectivity index (χ2v) is 15.1. The van der Waals surface area contributed by atoms with Crippen LogP contribution < -0.4 is 0 Å². The van der Waals surface area contributed by atoms with Gasteiger partial charge in [0, 0.05) is 11.8 Å². The van der Waals surface area contributed by atoms with Gasteiger partial charge in [0.25, 0.3) is 0 Å². The quantitative estimate of drug-likeness (QED) is 0.433. The standard InChI is InChI=1S/C30H46O4/c1-18-19(31)16-20(32)23-27(5)13-15-29(7)22-17-25(2,3)10-11-26(22,4)12-14-28(29,6)21(27)8-9-30(18,23)24(33)34/h18,21-23H,8-17H2,1-7H3,(H,33,34). The van der Waals surface area contributed by atoms with Crippen LogP contribution >= 0.6 is 0 Å². The number of carbonyl (C=O) groups is 3. The van der Waals surface area contributed by atoms with E-state index < -0.39 is 23.2 Å². The van der Waals surface area contributed by atoms with Crippen LogP contribution in [0.4, 0.5) is 0 Å². The Kier molecular flexibility index (Phi) is 5.02. The average Bonchev–Trinajstić information content (AvgIpc) is 2.74. The molecule has 9 atom stereocenters. The van der Waals surface area contributed by atoms with Gasteiger partial charge in [-0.1, -0.05) is 48.5 Å². The van der Waals surface area contributed by atoms with E-state index in [9.17, 15) is 19.5 Å². The van der Waals surface area contributed by atoms with Gasteiger partial charge in [0.05, 0.1) is 11.8 Å². The average molecular weight is 471 g/mol. The first-order valence-corrected chi connectivity index (χ1v) is 13.9. The number of hydrogen-bond acceptors (Lipinski definition) is 3. The lowest BCUT2D eigenvalue weighted by Crippen LogP contribution is -2.70. The van der Waals surface area contributed by atoms with Crippen LogP contribution in [0.2, 0.25) is 0 Å². The summed E-state index contributed by atoms with van der Waals surface area (Å²) >= 11 is 0. The molecule has 0 aromatic carbocycles. The van der Waals surface area contributed by atoms with Crippen molar-refractivity contribution in [2.75, 3.05) is 0 Å². The van der Waals surface area contributed by atoms with Gasteiger partial charge in [-0.2, -0.15) is 0 Å². The van der Waals surface area contributed by atoms with Gasteiger partial charge in [0.2, 0.25) is 0 Å². The van der Waals surface area contributed by atoms with Crippen LogP contribution in [0.25, 0.3) is 0 Å². The summed E-state index contributed by atoms with van der Waals surface area (Å²) in [4.78, 5) is 39.2. The van der Waals surface area contributed by atoms with Crippen molar-refractivity contribution in [1.82, 2.24) is 0 Å². The monoisotopic (exact) mass is 470 g/mol. The number of carboxylic acid groups (broad SMARTS) is 1. The van der Waals surface area contributed by atoms with Crippen LogP contribution in [-0.2, 0) is 14.4 Å². The van der Waals surface area contributed by atoms with Gasteiger partial charge in [-0.05, 0) is 96.7 Å². The summed E-state index contributed by atoms with van der Waals surface area (Å²) in [5, 5.41) is 10.5. The molecule has 0 radical (unpaired) electrons. The maximum atomic E-state index is 13.6. The lowest BCUT2D eigenvalue weighted by atomic mass is 9.30. The highest BCUT2D eigenvalue weighted by atomic mass is 16.4. The number of Topliss-reactive ketones (excluding diaryl/α,β-unsaturated/α-hetero) is 2. The van der Waals surface area contributed by atoms with E-state index >= 15 is 0 Å². The van der Waals surface area contributed by atoms with Crippen molar-refractivity contribution in [3.8, 4) is 0 Å². The molecule has 4 heteroatoms. The van der Waals surface area contributed by atoms with Crippen molar-refractivity contribution in [1.29, 1.82) is 0 Å². The largest absolute Gasteiger partial charge is 0.481 e. The topological polar surface area (TPSA) is 71.4 Å². The molecule has 4 nitrogen and oxygen atoms in total. The Bertz CT molecular complexity index is 951. The predicted molar refractivity (Wildman–Crippen MR) is 132 cm³/mol. The summed E-state index contributed by atoms with van der Waals surface area (Å²) in [5.74, 6) is -1.31. The molecule has 0 spiro atoms. The first kappa shape index (κ1) is 24.5. The molecule has 5 saturated carbocycles. The van der Waals surface area contributed by atoms with Crippen LogP contribution in [0, 0.1) is 56.2 Å². The third kappa shape index (κ3) is 2.75. The number of rotatable bonds is 1. The molecular formula is C30H46O4. The molecule has 9 unspecified atom stereocenters. The fourth-order valence-corrected chi connectivity index (χ4v) is 11.0. The fourth-order valence-electron chi connectivity index (χ4n) is 11.0. The number of carboxylic acids is 1. The zero-order valence-corrected chi connectivity index (χ0v) is 22.6. The van der Waals surface area contributed by atoms with E-state index in [-0.39, 0.29) is 34.2 Å². The van der Waals surface area contributed by atoms with Crippen molar-refractivity contribution >= 4 is 17.5 Å². The Labute approximate surface area is 206 Å². The number of fused-ring (bicyclic) bond motifs is 7. The Balaban J connectivity index is 1.61.